The smallest absolute Gasteiger partial charge is 0.344 e. The minimum absolute atomic E-state index is 0.107. The highest BCUT2D eigenvalue weighted by molar-refractivity contribution is 6.30. The zero-order valence-corrected chi connectivity index (χ0v) is 14.2. The highest BCUT2D eigenvalue weighted by Crippen LogP contribution is 2.12. The van der Waals surface area contributed by atoms with Crippen molar-refractivity contribution in [2.24, 2.45) is 0 Å². The van der Waals surface area contributed by atoms with E-state index in [1.54, 1.807) is 18.2 Å². The minimum Gasteiger partial charge on any atom is -0.482 e. The molecule has 2 heterocycles. The van der Waals surface area contributed by atoms with Crippen molar-refractivity contribution in [1.29, 1.82) is 0 Å². The monoisotopic (exact) mass is 358 g/mol. The molecule has 0 unspecified atom stereocenters. The van der Waals surface area contributed by atoms with Gasteiger partial charge in [-0.3, -0.25) is 9.20 Å². The minimum atomic E-state index is -0.542. The molecule has 128 valence electrons. The number of hydrogen-bond donors (Lipinski definition) is 0. The molecule has 0 saturated carbocycles. The number of esters is 1. The van der Waals surface area contributed by atoms with E-state index in [9.17, 15) is 9.59 Å². The summed E-state index contributed by atoms with van der Waals surface area (Å²) >= 11 is 5.86. The van der Waals surface area contributed by atoms with Crippen LogP contribution in [0, 0.1) is 6.92 Å². The maximum atomic E-state index is 12.0. The van der Waals surface area contributed by atoms with Crippen molar-refractivity contribution in [2.75, 3.05) is 6.61 Å². The summed E-state index contributed by atoms with van der Waals surface area (Å²) in [5.74, 6) is 0.0514. The second kappa shape index (κ2) is 7.36. The van der Waals surface area contributed by atoms with Crippen molar-refractivity contribution in [2.45, 2.75) is 13.5 Å². The molecular formula is C18H15ClN2O4. The van der Waals surface area contributed by atoms with Gasteiger partial charge in [0.05, 0.1) is 10.7 Å². The Hall–Kier alpha value is -2.86. The molecule has 0 aliphatic carbocycles. The number of aromatic nitrogens is 2. The Balaban J connectivity index is 1.61. The van der Waals surface area contributed by atoms with Gasteiger partial charge in [0.2, 0.25) is 0 Å². The number of hydrogen-bond acceptors (Lipinski definition) is 5. The van der Waals surface area contributed by atoms with Gasteiger partial charge >= 0.3 is 5.97 Å². The fourth-order valence-corrected chi connectivity index (χ4v) is 2.40. The normalized spacial score (nSPS) is 10.6. The van der Waals surface area contributed by atoms with Gasteiger partial charge in [-0.25, -0.2) is 9.78 Å². The lowest BCUT2D eigenvalue weighted by Crippen LogP contribution is -2.18. The maximum Gasteiger partial charge on any atom is 0.344 e. The van der Waals surface area contributed by atoms with E-state index in [4.69, 9.17) is 21.1 Å². The van der Waals surface area contributed by atoms with Crippen LogP contribution in [-0.4, -0.2) is 22.0 Å². The van der Waals surface area contributed by atoms with Gasteiger partial charge in [0.25, 0.3) is 5.56 Å². The molecule has 0 atom stereocenters. The fraction of sp³-hybridized carbons (Fsp3) is 0.167. The summed E-state index contributed by atoms with van der Waals surface area (Å²) in [4.78, 5) is 28.1. The summed E-state index contributed by atoms with van der Waals surface area (Å²) in [6.07, 6.45) is 1.48. The molecule has 0 radical (unpaired) electrons. The van der Waals surface area contributed by atoms with Crippen LogP contribution in [0.15, 0.2) is 53.5 Å². The lowest BCUT2D eigenvalue weighted by molar-refractivity contribution is -0.147. The number of benzene rings is 1. The van der Waals surface area contributed by atoms with E-state index in [1.807, 2.05) is 25.1 Å². The number of carbonyl (C=O) groups is 1. The van der Waals surface area contributed by atoms with Crippen LogP contribution in [0.2, 0.25) is 5.02 Å². The van der Waals surface area contributed by atoms with E-state index >= 15 is 0 Å². The zero-order chi connectivity index (χ0) is 17.8. The van der Waals surface area contributed by atoms with Gasteiger partial charge in [0, 0.05) is 12.3 Å². The summed E-state index contributed by atoms with van der Waals surface area (Å²) in [5.41, 5.74) is 1.52. The van der Waals surface area contributed by atoms with Gasteiger partial charge in [-0.05, 0) is 36.8 Å². The average molecular weight is 359 g/mol. The lowest BCUT2D eigenvalue weighted by Gasteiger charge is -2.08. The summed E-state index contributed by atoms with van der Waals surface area (Å²) in [7, 11) is 0. The third kappa shape index (κ3) is 4.36. The molecule has 2 aromatic heterocycles. The standard InChI is InChI=1S/C18H15ClN2O4/c1-12-3-2-4-15(7-12)24-11-18(23)25-10-14-8-17(22)21-9-13(19)5-6-16(21)20-14/h2-9H,10-11H2,1H3. The Bertz CT molecular complexity index is 984. The summed E-state index contributed by atoms with van der Waals surface area (Å²) in [6, 6.07) is 11.9. The van der Waals surface area contributed by atoms with Crippen LogP contribution in [0.25, 0.3) is 5.65 Å². The maximum absolute atomic E-state index is 12.0. The third-order valence-electron chi connectivity index (χ3n) is 3.40. The summed E-state index contributed by atoms with van der Waals surface area (Å²) in [6.45, 7) is 1.61. The molecule has 6 nitrogen and oxygen atoms in total. The van der Waals surface area contributed by atoms with Gasteiger partial charge in [-0.1, -0.05) is 23.7 Å². The van der Waals surface area contributed by atoms with Crippen LogP contribution in [0.5, 0.6) is 5.75 Å². The van der Waals surface area contributed by atoms with Gasteiger partial charge in [-0.2, -0.15) is 0 Å². The predicted octanol–water partition coefficient (Wildman–Crippen LogP) is 2.78. The number of fused-ring (bicyclic) bond motifs is 1. The van der Waals surface area contributed by atoms with Crippen molar-refractivity contribution in [3.63, 3.8) is 0 Å². The Morgan fingerprint density at radius 3 is 2.88 bits per heavy atom. The quantitative estimate of drug-likeness (QED) is 0.656. The molecular weight excluding hydrogens is 344 g/mol. The number of carbonyl (C=O) groups excluding carboxylic acids is 1. The second-order valence-corrected chi connectivity index (χ2v) is 5.86. The van der Waals surface area contributed by atoms with Gasteiger partial charge in [-0.15, -0.1) is 0 Å². The molecule has 0 bridgehead atoms. The van der Waals surface area contributed by atoms with Crippen LogP contribution in [0.1, 0.15) is 11.3 Å². The third-order valence-corrected chi connectivity index (χ3v) is 3.63. The van der Waals surface area contributed by atoms with E-state index in [2.05, 4.69) is 4.98 Å². The predicted molar refractivity (Wildman–Crippen MR) is 92.9 cm³/mol. The molecule has 7 heteroatoms. The zero-order valence-electron chi connectivity index (χ0n) is 13.4. The molecule has 0 N–H and O–H groups in total. The first-order valence-corrected chi connectivity index (χ1v) is 7.92. The van der Waals surface area contributed by atoms with Crippen molar-refractivity contribution in [3.8, 4) is 5.75 Å². The Labute approximate surface area is 148 Å². The van der Waals surface area contributed by atoms with E-state index in [1.165, 1.54) is 16.7 Å². The van der Waals surface area contributed by atoms with E-state index in [0.29, 0.717) is 22.1 Å². The first-order chi connectivity index (χ1) is 12.0. The van der Waals surface area contributed by atoms with Crippen LogP contribution < -0.4 is 10.3 Å². The average Bonchev–Trinajstić information content (AvgIpc) is 2.59. The van der Waals surface area contributed by atoms with Crippen molar-refractivity contribution >= 4 is 23.2 Å². The van der Waals surface area contributed by atoms with E-state index in [-0.39, 0.29) is 18.8 Å². The Morgan fingerprint density at radius 1 is 1.24 bits per heavy atom. The molecule has 0 aliphatic rings. The molecule has 0 fully saturated rings. The molecule has 0 saturated heterocycles. The summed E-state index contributed by atoms with van der Waals surface area (Å²) in [5, 5.41) is 0.434. The van der Waals surface area contributed by atoms with Crippen molar-refractivity contribution in [3.05, 3.63) is 75.3 Å². The molecule has 0 amide bonds. The number of pyridine rings is 1. The SMILES string of the molecule is Cc1cccc(OCC(=O)OCc2cc(=O)n3cc(Cl)ccc3n2)c1. The molecule has 3 rings (SSSR count). The number of aryl methyl sites for hydroxylation is 1. The fourth-order valence-electron chi connectivity index (χ4n) is 2.24. The van der Waals surface area contributed by atoms with Crippen molar-refractivity contribution in [1.82, 2.24) is 9.38 Å². The number of rotatable bonds is 5. The van der Waals surface area contributed by atoms with Crippen LogP contribution in [0.4, 0.5) is 0 Å². The van der Waals surface area contributed by atoms with Crippen LogP contribution >= 0.6 is 11.6 Å². The molecule has 0 aliphatic heterocycles. The van der Waals surface area contributed by atoms with Crippen LogP contribution in [0.3, 0.4) is 0 Å². The van der Waals surface area contributed by atoms with Gasteiger partial charge < -0.3 is 9.47 Å². The molecule has 25 heavy (non-hydrogen) atoms. The molecule has 0 spiro atoms. The molecule has 1 aromatic carbocycles. The van der Waals surface area contributed by atoms with Crippen molar-refractivity contribution < 1.29 is 14.3 Å². The highest BCUT2D eigenvalue weighted by Gasteiger charge is 2.08. The Morgan fingerprint density at radius 2 is 2.08 bits per heavy atom. The number of ether oxygens (including phenoxy) is 2. The number of halogens is 1. The van der Waals surface area contributed by atoms with Crippen LogP contribution in [-0.2, 0) is 16.1 Å². The molecule has 3 aromatic rings. The van der Waals surface area contributed by atoms with E-state index in [0.717, 1.165) is 5.56 Å². The van der Waals surface area contributed by atoms with E-state index < -0.39 is 5.97 Å². The summed E-state index contributed by atoms with van der Waals surface area (Å²) < 4.78 is 11.8. The lowest BCUT2D eigenvalue weighted by atomic mass is 10.2. The number of nitrogens with zero attached hydrogens (tertiary/aromatic N) is 2. The topological polar surface area (TPSA) is 69.9 Å². The largest absolute Gasteiger partial charge is 0.482 e. The second-order valence-electron chi connectivity index (χ2n) is 5.43. The highest BCUT2D eigenvalue weighted by atomic mass is 35.5. The first kappa shape index (κ1) is 17.0. The first-order valence-electron chi connectivity index (χ1n) is 7.54. The Kier molecular flexibility index (Phi) is 5.00. The van der Waals surface area contributed by atoms with Gasteiger partial charge in [0.1, 0.15) is 18.0 Å². The van der Waals surface area contributed by atoms with Gasteiger partial charge in [0.15, 0.2) is 6.61 Å².